The first-order valence-electron chi connectivity index (χ1n) is 8.84. The second-order valence-corrected chi connectivity index (χ2v) is 6.38. The van der Waals surface area contributed by atoms with Crippen molar-refractivity contribution in [2.45, 2.75) is 26.8 Å². The maximum Gasteiger partial charge on any atom is 0.279 e. The molecule has 0 aliphatic carbocycles. The van der Waals surface area contributed by atoms with Crippen molar-refractivity contribution in [3.63, 3.8) is 0 Å². The topological polar surface area (TPSA) is 72.7 Å². The number of benzene rings is 1. The molecule has 6 heteroatoms. The Bertz CT molecular complexity index is 840. The number of hydrogen-bond donors (Lipinski definition) is 2. The summed E-state index contributed by atoms with van der Waals surface area (Å²) in [4.78, 5) is 13.6. The van der Waals surface area contributed by atoms with E-state index in [2.05, 4.69) is 17.4 Å². The molecule has 26 heavy (non-hydrogen) atoms. The van der Waals surface area contributed by atoms with E-state index in [1.807, 2.05) is 49.4 Å². The van der Waals surface area contributed by atoms with E-state index in [-0.39, 0.29) is 5.91 Å². The van der Waals surface area contributed by atoms with E-state index in [9.17, 15) is 4.79 Å². The number of aryl methyl sites for hydroxylation is 1. The summed E-state index contributed by atoms with van der Waals surface area (Å²) in [5.74, 6) is 1.25. The second-order valence-electron chi connectivity index (χ2n) is 6.38. The van der Waals surface area contributed by atoms with Gasteiger partial charge in [0.15, 0.2) is 12.3 Å². The van der Waals surface area contributed by atoms with E-state index < -0.39 is 0 Å². The minimum absolute atomic E-state index is 0.00231. The summed E-state index contributed by atoms with van der Waals surface area (Å²) >= 11 is 0. The minimum atomic E-state index is -0.00231. The average molecular weight is 354 g/mol. The zero-order valence-corrected chi connectivity index (χ0v) is 15.1. The fourth-order valence-corrected chi connectivity index (χ4v) is 2.91. The molecule has 0 saturated carbocycles. The Morgan fingerprint density at radius 3 is 2.77 bits per heavy atom. The molecule has 3 aromatic rings. The number of quaternary nitrogens is 1. The highest BCUT2D eigenvalue weighted by molar-refractivity contribution is 5.92. The van der Waals surface area contributed by atoms with Gasteiger partial charge in [0.25, 0.3) is 5.91 Å². The molecule has 2 heterocycles. The zero-order valence-electron chi connectivity index (χ0n) is 15.1. The van der Waals surface area contributed by atoms with Crippen LogP contribution in [0.1, 0.15) is 24.6 Å². The first kappa shape index (κ1) is 17.9. The van der Waals surface area contributed by atoms with Gasteiger partial charge in [0, 0.05) is 11.8 Å². The molecule has 0 saturated heterocycles. The highest BCUT2D eigenvalue weighted by Gasteiger charge is 2.18. The molecule has 0 fully saturated rings. The van der Waals surface area contributed by atoms with Crippen LogP contribution < -0.4 is 10.2 Å². The molecule has 1 aromatic carbocycles. The van der Waals surface area contributed by atoms with Gasteiger partial charge in [-0.15, -0.1) is 0 Å². The van der Waals surface area contributed by atoms with Gasteiger partial charge in [0.2, 0.25) is 5.76 Å². The number of furan rings is 1. The van der Waals surface area contributed by atoms with Crippen LogP contribution in [0.15, 0.2) is 57.7 Å². The lowest BCUT2D eigenvalue weighted by molar-refractivity contribution is -0.906. The van der Waals surface area contributed by atoms with E-state index in [0.29, 0.717) is 24.6 Å². The number of carbonyl (C=O) groups excluding carboxylic acids is 1. The van der Waals surface area contributed by atoms with E-state index in [4.69, 9.17) is 8.94 Å². The zero-order chi connectivity index (χ0) is 18.4. The third kappa shape index (κ3) is 4.61. The number of amides is 1. The van der Waals surface area contributed by atoms with Crippen molar-refractivity contribution in [3.8, 4) is 11.5 Å². The van der Waals surface area contributed by atoms with Crippen molar-refractivity contribution in [3.05, 3.63) is 60.0 Å². The second kappa shape index (κ2) is 8.49. The van der Waals surface area contributed by atoms with Crippen LogP contribution in [0, 0.1) is 6.92 Å². The summed E-state index contributed by atoms with van der Waals surface area (Å²) in [6.07, 6.45) is 2.58. The predicted molar refractivity (Wildman–Crippen MR) is 98.7 cm³/mol. The van der Waals surface area contributed by atoms with Crippen LogP contribution >= 0.6 is 0 Å². The van der Waals surface area contributed by atoms with Crippen molar-refractivity contribution in [2.24, 2.45) is 0 Å². The summed E-state index contributed by atoms with van der Waals surface area (Å²) in [5, 5.41) is 7.11. The van der Waals surface area contributed by atoms with Gasteiger partial charge < -0.3 is 19.2 Å². The average Bonchev–Trinajstić information content (AvgIpc) is 3.28. The summed E-state index contributed by atoms with van der Waals surface area (Å²) in [5.41, 5.74) is 2.72. The van der Waals surface area contributed by atoms with Gasteiger partial charge in [0.05, 0.1) is 12.8 Å². The molecule has 1 unspecified atom stereocenters. The van der Waals surface area contributed by atoms with Crippen LogP contribution in [-0.4, -0.2) is 24.2 Å². The lowest BCUT2D eigenvalue weighted by atomic mass is 10.2. The number of hydrogen-bond acceptors (Lipinski definition) is 4. The fraction of sp³-hybridized carbons (Fsp3) is 0.300. The largest absolute Gasteiger partial charge is 0.461 e. The molecule has 0 aliphatic rings. The Kier molecular flexibility index (Phi) is 5.86. The van der Waals surface area contributed by atoms with Gasteiger partial charge in [-0.25, -0.2) is 0 Å². The number of anilines is 1. The lowest BCUT2D eigenvalue weighted by Crippen LogP contribution is -3.11. The Morgan fingerprint density at radius 1 is 1.19 bits per heavy atom. The van der Waals surface area contributed by atoms with Crippen molar-refractivity contribution in [1.29, 1.82) is 0 Å². The first-order chi connectivity index (χ1) is 12.7. The number of nitrogens with zero attached hydrogens (tertiary/aromatic N) is 1. The van der Waals surface area contributed by atoms with E-state index in [0.717, 1.165) is 34.8 Å². The Balaban J connectivity index is 1.62. The van der Waals surface area contributed by atoms with Gasteiger partial charge >= 0.3 is 0 Å². The maximum absolute atomic E-state index is 12.4. The third-order valence-electron chi connectivity index (χ3n) is 4.19. The summed E-state index contributed by atoms with van der Waals surface area (Å²) < 4.78 is 10.7. The number of nitrogens with one attached hydrogen (secondary N) is 2. The summed E-state index contributed by atoms with van der Waals surface area (Å²) in [6, 6.07) is 13.3. The van der Waals surface area contributed by atoms with Crippen LogP contribution in [0.3, 0.4) is 0 Å². The van der Waals surface area contributed by atoms with Crippen LogP contribution in [0.4, 0.5) is 5.69 Å². The van der Waals surface area contributed by atoms with Crippen molar-refractivity contribution < 1.29 is 18.6 Å². The molecule has 1 atom stereocenters. The monoisotopic (exact) mass is 354 g/mol. The van der Waals surface area contributed by atoms with E-state index in [1.165, 1.54) is 0 Å². The Hall–Kier alpha value is -2.86. The summed E-state index contributed by atoms with van der Waals surface area (Å²) in [6.45, 7) is 5.97. The van der Waals surface area contributed by atoms with Gasteiger partial charge in [-0.05, 0) is 37.1 Å². The number of para-hydroxylation sites is 1. The molecule has 6 nitrogen and oxygen atoms in total. The molecule has 2 N–H and O–H groups in total. The molecule has 136 valence electrons. The molecule has 0 spiro atoms. The fourth-order valence-electron chi connectivity index (χ4n) is 2.91. The van der Waals surface area contributed by atoms with Crippen LogP contribution in [0.2, 0.25) is 0 Å². The van der Waals surface area contributed by atoms with Gasteiger partial charge in [-0.1, -0.05) is 30.3 Å². The standard InChI is InChI=1S/C20H23N3O3/c1-3-10-23(14-20(24)21-17-8-5-4-7-15(17)2)13-16-12-19(26-22-16)18-9-6-11-25-18/h4-9,11-12H,3,10,13-14H2,1-2H3,(H,21,24)/p+1. The predicted octanol–water partition coefficient (Wildman–Crippen LogP) is 2.68. The molecule has 3 rings (SSSR count). The first-order valence-corrected chi connectivity index (χ1v) is 8.84. The molecule has 0 radical (unpaired) electrons. The van der Waals surface area contributed by atoms with E-state index >= 15 is 0 Å². The molecule has 2 aromatic heterocycles. The highest BCUT2D eigenvalue weighted by Crippen LogP contribution is 2.20. The quantitative estimate of drug-likeness (QED) is 0.652. The van der Waals surface area contributed by atoms with Gasteiger partial charge in [-0.3, -0.25) is 4.79 Å². The lowest BCUT2D eigenvalue weighted by Gasteiger charge is -2.17. The molecular formula is C20H24N3O3+. The third-order valence-corrected chi connectivity index (χ3v) is 4.19. The number of aromatic nitrogens is 1. The minimum Gasteiger partial charge on any atom is -0.461 e. The van der Waals surface area contributed by atoms with Crippen molar-refractivity contribution >= 4 is 11.6 Å². The van der Waals surface area contributed by atoms with Crippen molar-refractivity contribution in [2.75, 3.05) is 18.4 Å². The molecule has 0 bridgehead atoms. The molecular weight excluding hydrogens is 330 g/mol. The van der Waals surface area contributed by atoms with Crippen LogP contribution in [0.5, 0.6) is 0 Å². The maximum atomic E-state index is 12.4. The smallest absolute Gasteiger partial charge is 0.279 e. The van der Waals surface area contributed by atoms with Crippen LogP contribution in [-0.2, 0) is 11.3 Å². The normalized spacial score (nSPS) is 12.1. The van der Waals surface area contributed by atoms with Crippen LogP contribution in [0.25, 0.3) is 11.5 Å². The SMILES string of the molecule is CCC[NH+](CC(=O)Nc1ccccc1C)Cc1cc(-c2ccco2)on1. The number of carbonyl (C=O) groups is 1. The van der Waals surface area contributed by atoms with Gasteiger partial charge in [-0.2, -0.15) is 0 Å². The molecule has 0 aliphatic heterocycles. The van der Waals surface area contributed by atoms with E-state index in [1.54, 1.807) is 6.26 Å². The van der Waals surface area contributed by atoms with Gasteiger partial charge in [0.1, 0.15) is 12.2 Å². The van der Waals surface area contributed by atoms with Crippen molar-refractivity contribution in [1.82, 2.24) is 5.16 Å². The summed E-state index contributed by atoms with van der Waals surface area (Å²) in [7, 11) is 0. The Morgan fingerprint density at radius 2 is 2.04 bits per heavy atom. The number of rotatable bonds is 8. The highest BCUT2D eigenvalue weighted by atomic mass is 16.5. The molecule has 1 amide bonds. The Labute approximate surface area is 152 Å².